The van der Waals surface area contributed by atoms with Crippen LogP contribution >= 0.6 is 33.4 Å². The SMILES string of the molecule is O=S(=O)(O)SCCNCCCCCOc1ccc(I)cn1. The van der Waals surface area contributed by atoms with Crippen molar-refractivity contribution in [2.24, 2.45) is 0 Å². The van der Waals surface area contributed by atoms with Crippen molar-refractivity contribution in [2.45, 2.75) is 19.3 Å². The van der Waals surface area contributed by atoms with Gasteiger partial charge < -0.3 is 10.1 Å². The summed E-state index contributed by atoms with van der Waals surface area (Å²) in [6.07, 6.45) is 4.75. The molecule has 0 unspecified atom stereocenters. The summed E-state index contributed by atoms with van der Waals surface area (Å²) in [5.41, 5.74) is 0. The first kappa shape index (κ1) is 18.9. The van der Waals surface area contributed by atoms with Crippen LogP contribution in [0.2, 0.25) is 0 Å². The third-order valence-electron chi connectivity index (χ3n) is 2.46. The summed E-state index contributed by atoms with van der Waals surface area (Å²) in [5.74, 6) is 0.997. The van der Waals surface area contributed by atoms with Crippen LogP contribution < -0.4 is 10.1 Å². The molecule has 0 atom stereocenters. The molecule has 0 amide bonds. The summed E-state index contributed by atoms with van der Waals surface area (Å²) >= 11 is 2.20. The van der Waals surface area contributed by atoms with Gasteiger partial charge in [-0.25, -0.2) is 4.98 Å². The number of ether oxygens (including phenoxy) is 1. The lowest BCUT2D eigenvalue weighted by Crippen LogP contribution is -2.19. The van der Waals surface area contributed by atoms with Crippen molar-refractivity contribution in [3.05, 3.63) is 21.9 Å². The van der Waals surface area contributed by atoms with Crippen molar-refractivity contribution in [1.82, 2.24) is 10.3 Å². The van der Waals surface area contributed by atoms with E-state index in [1.54, 1.807) is 6.20 Å². The maximum Gasteiger partial charge on any atom is 0.319 e. The van der Waals surface area contributed by atoms with E-state index < -0.39 is 9.15 Å². The second-order valence-electron chi connectivity index (χ2n) is 4.22. The number of pyridine rings is 1. The summed E-state index contributed by atoms with van der Waals surface area (Å²) in [7, 11) is -3.36. The predicted octanol–water partition coefficient (Wildman–Crippen LogP) is 2.36. The van der Waals surface area contributed by atoms with Gasteiger partial charge >= 0.3 is 9.15 Å². The molecule has 0 aliphatic rings. The molecule has 0 aromatic carbocycles. The first-order chi connectivity index (χ1) is 9.97. The number of nitrogens with zero attached hydrogens (tertiary/aromatic N) is 1. The summed E-state index contributed by atoms with van der Waals surface area (Å²) in [4.78, 5) is 4.15. The van der Waals surface area contributed by atoms with Gasteiger partial charge in [0.2, 0.25) is 5.88 Å². The van der Waals surface area contributed by atoms with Crippen molar-refractivity contribution >= 4 is 42.5 Å². The molecule has 6 nitrogen and oxygen atoms in total. The number of aromatic nitrogens is 1. The molecule has 1 rings (SSSR count). The van der Waals surface area contributed by atoms with Gasteiger partial charge in [0.15, 0.2) is 0 Å². The van der Waals surface area contributed by atoms with E-state index in [0.717, 1.165) is 29.4 Å². The second-order valence-corrected chi connectivity index (χ2v) is 8.94. The zero-order valence-corrected chi connectivity index (χ0v) is 15.3. The number of rotatable bonds is 11. The Balaban J connectivity index is 1.90. The van der Waals surface area contributed by atoms with Gasteiger partial charge in [-0.3, -0.25) is 4.55 Å². The molecule has 0 fully saturated rings. The van der Waals surface area contributed by atoms with E-state index in [-0.39, 0.29) is 0 Å². The van der Waals surface area contributed by atoms with Gasteiger partial charge in [0.05, 0.1) is 6.61 Å². The van der Waals surface area contributed by atoms with Gasteiger partial charge in [-0.2, -0.15) is 8.42 Å². The highest BCUT2D eigenvalue weighted by molar-refractivity contribution is 14.1. The largest absolute Gasteiger partial charge is 0.478 e. The second kappa shape index (κ2) is 10.6. The van der Waals surface area contributed by atoms with Crippen LogP contribution in [0.15, 0.2) is 18.3 Å². The van der Waals surface area contributed by atoms with Gasteiger partial charge in [0.1, 0.15) is 0 Å². The van der Waals surface area contributed by atoms with E-state index in [0.29, 0.717) is 35.6 Å². The first-order valence-corrected chi connectivity index (χ1v) is 10.6. The summed E-state index contributed by atoms with van der Waals surface area (Å²) < 4.78 is 36.0. The van der Waals surface area contributed by atoms with Crippen LogP contribution in [0.25, 0.3) is 0 Å². The Morgan fingerprint density at radius 3 is 2.76 bits per heavy atom. The number of nitrogens with one attached hydrogen (secondary N) is 1. The quantitative estimate of drug-likeness (QED) is 0.234. The Bertz CT molecular complexity index is 496. The van der Waals surface area contributed by atoms with E-state index in [4.69, 9.17) is 9.29 Å². The third kappa shape index (κ3) is 11.2. The lowest BCUT2D eigenvalue weighted by atomic mass is 10.2. The first-order valence-electron chi connectivity index (χ1n) is 6.54. The average molecular weight is 446 g/mol. The zero-order chi connectivity index (χ0) is 15.6. The molecule has 0 saturated heterocycles. The maximum absolute atomic E-state index is 10.4. The van der Waals surface area contributed by atoms with Crippen molar-refractivity contribution in [1.29, 1.82) is 0 Å². The summed E-state index contributed by atoms with van der Waals surface area (Å²) in [6.45, 7) is 2.04. The fourth-order valence-corrected chi connectivity index (χ4v) is 3.14. The molecule has 1 aromatic rings. The molecule has 0 saturated carbocycles. The molecule has 21 heavy (non-hydrogen) atoms. The van der Waals surface area contributed by atoms with Gasteiger partial charge in [-0.1, -0.05) is 0 Å². The normalized spacial score (nSPS) is 11.5. The van der Waals surface area contributed by atoms with Crippen LogP contribution in [-0.4, -0.2) is 43.4 Å². The van der Waals surface area contributed by atoms with Crippen LogP contribution in [0.1, 0.15) is 19.3 Å². The Morgan fingerprint density at radius 2 is 2.10 bits per heavy atom. The molecule has 0 aliphatic heterocycles. The molecule has 120 valence electrons. The van der Waals surface area contributed by atoms with Crippen molar-refractivity contribution in [2.75, 3.05) is 25.4 Å². The van der Waals surface area contributed by atoms with Crippen LogP contribution in [0.4, 0.5) is 0 Å². The minimum absolute atomic E-state index is 0.348. The van der Waals surface area contributed by atoms with Gasteiger partial charge in [0, 0.05) is 28.1 Å². The van der Waals surface area contributed by atoms with Crippen molar-refractivity contribution < 1.29 is 17.7 Å². The van der Waals surface area contributed by atoms with E-state index in [1.165, 1.54) is 0 Å². The maximum atomic E-state index is 10.4. The fraction of sp³-hybridized carbons (Fsp3) is 0.583. The Hall–Kier alpha value is -0.100. The highest BCUT2D eigenvalue weighted by atomic mass is 127. The number of hydrogen-bond acceptors (Lipinski definition) is 6. The Morgan fingerprint density at radius 1 is 1.29 bits per heavy atom. The number of halogens is 1. The standard InChI is InChI=1S/C12H19IN2O4S2/c13-11-4-5-12(15-10-11)19-8-3-1-2-6-14-7-9-20-21(16,17)18/h4-5,10,14H,1-3,6-9H2,(H,16,17,18). The Kier molecular flexibility index (Phi) is 9.56. The molecular weight excluding hydrogens is 427 g/mol. The van der Waals surface area contributed by atoms with Crippen LogP contribution in [-0.2, 0) is 9.15 Å². The minimum atomic E-state index is -3.90. The Labute approximate surface area is 142 Å². The van der Waals surface area contributed by atoms with Crippen molar-refractivity contribution in [3.8, 4) is 5.88 Å². The zero-order valence-electron chi connectivity index (χ0n) is 11.5. The molecule has 0 bridgehead atoms. The molecule has 0 radical (unpaired) electrons. The summed E-state index contributed by atoms with van der Waals surface area (Å²) in [6, 6.07) is 3.81. The van der Waals surface area contributed by atoms with Crippen LogP contribution in [0.3, 0.4) is 0 Å². The third-order valence-corrected chi connectivity index (χ3v) is 5.16. The van der Waals surface area contributed by atoms with Gasteiger partial charge in [-0.15, -0.1) is 0 Å². The number of unbranched alkanes of at least 4 members (excludes halogenated alkanes) is 2. The highest BCUT2D eigenvalue weighted by Gasteiger charge is 2.03. The van der Waals surface area contributed by atoms with Crippen LogP contribution in [0.5, 0.6) is 5.88 Å². The number of hydrogen-bond donors (Lipinski definition) is 2. The minimum Gasteiger partial charge on any atom is -0.478 e. The van der Waals surface area contributed by atoms with Crippen LogP contribution in [0, 0.1) is 3.57 Å². The monoisotopic (exact) mass is 446 g/mol. The smallest absolute Gasteiger partial charge is 0.319 e. The van der Waals surface area contributed by atoms with Gasteiger partial charge in [-0.05, 0) is 65.3 Å². The average Bonchev–Trinajstić information content (AvgIpc) is 2.42. The molecule has 2 N–H and O–H groups in total. The lowest BCUT2D eigenvalue weighted by Gasteiger charge is -2.06. The van der Waals surface area contributed by atoms with Gasteiger partial charge in [0.25, 0.3) is 0 Å². The van der Waals surface area contributed by atoms with E-state index >= 15 is 0 Å². The molecule has 0 aliphatic carbocycles. The molecule has 1 aromatic heterocycles. The topological polar surface area (TPSA) is 88.5 Å². The highest BCUT2D eigenvalue weighted by Crippen LogP contribution is 2.10. The fourth-order valence-electron chi connectivity index (χ4n) is 1.50. The lowest BCUT2D eigenvalue weighted by molar-refractivity contribution is 0.293. The molecular formula is C12H19IN2O4S2. The summed E-state index contributed by atoms with van der Waals surface area (Å²) in [5, 5.41) is 3.12. The molecule has 1 heterocycles. The predicted molar refractivity (Wildman–Crippen MR) is 93.2 cm³/mol. The van der Waals surface area contributed by atoms with Crippen molar-refractivity contribution in [3.63, 3.8) is 0 Å². The van der Waals surface area contributed by atoms with E-state index in [2.05, 4.69) is 32.9 Å². The molecule has 9 heteroatoms. The van der Waals surface area contributed by atoms with E-state index in [1.807, 2.05) is 12.1 Å². The molecule has 0 spiro atoms. The van der Waals surface area contributed by atoms with E-state index in [9.17, 15) is 8.42 Å².